The third-order valence-electron chi connectivity index (χ3n) is 4.08. The molecule has 5 nitrogen and oxygen atoms in total. The summed E-state index contributed by atoms with van der Waals surface area (Å²) in [6.45, 7) is 0. The van der Waals surface area contributed by atoms with Crippen molar-refractivity contribution in [2.75, 3.05) is 7.11 Å². The molecule has 0 saturated heterocycles. The number of phenols is 1. The molecule has 0 aliphatic heterocycles. The molecule has 0 spiro atoms. The number of hydrogen-bond donors (Lipinski definition) is 1. The van der Waals surface area contributed by atoms with E-state index in [2.05, 4.69) is 10.1 Å². The molecule has 1 saturated carbocycles. The van der Waals surface area contributed by atoms with Gasteiger partial charge in [0.05, 0.1) is 5.56 Å². The molecular formula is C15H17ClN2O3. The third-order valence-corrected chi connectivity index (χ3v) is 4.31. The normalized spacial score (nSPS) is 17.8. The maximum absolute atomic E-state index is 9.94. The van der Waals surface area contributed by atoms with E-state index in [1.807, 2.05) is 0 Å². The minimum atomic E-state index is -0.470. The minimum Gasteiger partial charge on any atom is -0.507 e. The van der Waals surface area contributed by atoms with E-state index in [1.165, 1.54) is 12.5 Å². The molecule has 0 bridgehead atoms. The fourth-order valence-electron chi connectivity index (χ4n) is 2.85. The van der Waals surface area contributed by atoms with Gasteiger partial charge in [0.25, 0.3) is 5.89 Å². The van der Waals surface area contributed by atoms with Crippen molar-refractivity contribution < 1.29 is 14.4 Å². The molecule has 2 aromatic rings. The SMILES string of the molecule is COC1(c2noc(-c3ccc(Cl)cc3O)n2)CCCCC1. The maximum Gasteiger partial charge on any atom is 0.261 e. The number of hydrogen-bond acceptors (Lipinski definition) is 5. The topological polar surface area (TPSA) is 68.4 Å². The van der Waals surface area contributed by atoms with Crippen LogP contribution in [0, 0.1) is 0 Å². The van der Waals surface area contributed by atoms with E-state index in [0.717, 1.165) is 25.7 Å². The fourth-order valence-corrected chi connectivity index (χ4v) is 3.01. The van der Waals surface area contributed by atoms with Crippen molar-refractivity contribution in [3.8, 4) is 17.2 Å². The molecule has 1 N–H and O–H groups in total. The second kappa shape index (κ2) is 5.66. The first-order chi connectivity index (χ1) is 10.1. The number of ether oxygens (including phenoxy) is 1. The van der Waals surface area contributed by atoms with E-state index in [0.29, 0.717) is 16.4 Å². The molecule has 112 valence electrons. The average molecular weight is 309 g/mol. The van der Waals surface area contributed by atoms with Gasteiger partial charge in [0.2, 0.25) is 5.82 Å². The molecule has 1 aliphatic carbocycles. The molecule has 6 heteroatoms. The Morgan fingerprint density at radius 3 is 2.71 bits per heavy atom. The van der Waals surface area contributed by atoms with Crippen molar-refractivity contribution in [3.63, 3.8) is 0 Å². The number of phenolic OH excluding ortho intramolecular Hbond substituents is 1. The maximum atomic E-state index is 9.94. The Bertz CT molecular complexity index is 636. The van der Waals surface area contributed by atoms with Crippen molar-refractivity contribution in [2.45, 2.75) is 37.7 Å². The Morgan fingerprint density at radius 2 is 2.05 bits per heavy atom. The number of rotatable bonds is 3. The van der Waals surface area contributed by atoms with Gasteiger partial charge in [0.15, 0.2) is 0 Å². The van der Waals surface area contributed by atoms with E-state index in [1.54, 1.807) is 19.2 Å². The summed E-state index contributed by atoms with van der Waals surface area (Å²) >= 11 is 5.83. The highest BCUT2D eigenvalue weighted by atomic mass is 35.5. The van der Waals surface area contributed by atoms with Crippen LogP contribution in [-0.4, -0.2) is 22.4 Å². The molecule has 3 rings (SSSR count). The Kier molecular flexibility index (Phi) is 3.87. The first-order valence-electron chi connectivity index (χ1n) is 7.03. The predicted molar refractivity (Wildman–Crippen MR) is 78.2 cm³/mol. The van der Waals surface area contributed by atoms with Crippen molar-refractivity contribution in [2.24, 2.45) is 0 Å². The number of benzene rings is 1. The molecule has 0 amide bonds. The van der Waals surface area contributed by atoms with E-state index >= 15 is 0 Å². The summed E-state index contributed by atoms with van der Waals surface area (Å²) in [4.78, 5) is 4.43. The van der Waals surface area contributed by atoms with Gasteiger partial charge in [-0.3, -0.25) is 0 Å². The van der Waals surface area contributed by atoms with E-state index in [-0.39, 0.29) is 11.6 Å². The van der Waals surface area contributed by atoms with E-state index in [4.69, 9.17) is 20.9 Å². The number of aromatic nitrogens is 2. The lowest BCUT2D eigenvalue weighted by Gasteiger charge is -2.32. The second-order valence-corrected chi connectivity index (χ2v) is 5.78. The van der Waals surface area contributed by atoms with Gasteiger partial charge in [0, 0.05) is 12.1 Å². The Balaban J connectivity index is 1.95. The highest BCUT2D eigenvalue weighted by Gasteiger charge is 2.38. The molecule has 1 fully saturated rings. The lowest BCUT2D eigenvalue weighted by Crippen LogP contribution is -2.32. The summed E-state index contributed by atoms with van der Waals surface area (Å²) in [6.07, 6.45) is 5.14. The zero-order valence-corrected chi connectivity index (χ0v) is 12.6. The summed E-state index contributed by atoms with van der Waals surface area (Å²) in [5.41, 5.74) is 0.00222. The van der Waals surface area contributed by atoms with Gasteiger partial charge in [-0.2, -0.15) is 4.98 Å². The van der Waals surface area contributed by atoms with Crippen LogP contribution in [0.1, 0.15) is 37.9 Å². The number of halogens is 1. The highest BCUT2D eigenvalue weighted by Crippen LogP contribution is 2.40. The standard InChI is InChI=1S/C15H17ClN2O3/c1-20-15(7-3-2-4-8-15)14-17-13(21-18-14)11-6-5-10(16)9-12(11)19/h5-6,9,19H,2-4,7-8H2,1H3. The van der Waals surface area contributed by atoms with E-state index < -0.39 is 5.60 Å². The molecule has 0 atom stereocenters. The monoisotopic (exact) mass is 308 g/mol. The van der Waals surface area contributed by atoms with Gasteiger partial charge >= 0.3 is 0 Å². The van der Waals surface area contributed by atoms with Crippen LogP contribution in [0.25, 0.3) is 11.5 Å². The van der Waals surface area contributed by atoms with Crippen molar-refractivity contribution in [1.29, 1.82) is 0 Å². The van der Waals surface area contributed by atoms with Crippen LogP contribution in [0.2, 0.25) is 5.02 Å². The lowest BCUT2D eigenvalue weighted by atomic mass is 9.84. The van der Waals surface area contributed by atoms with Crippen LogP contribution < -0.4 is 0 Å². The summed E-state index contributed by atoms with van der Waals surface area (Å²) in [5.74, 6) is 0.850. The molecule has 1 aromatic heterocycles. The van der Waals surface area contributed by atoms with Gasteiger partial charge in [-0.15, -0.1) is 0 Å². The van der Waals surface area contributed by atoms with Crippen molar-refractivity contribution >= 4 is 11.6 Å². The summed E-state index contributed by atoms with van der Waals surface area (Å²) in [6, 6.07) is 4.79. The summed E-state index contributed by atoms with van der Waals surface area (Å²) in [7, 11) is 1.68. The average Bonchev–Trinajstić information content (AvgIpc) is 2.98. The van der Waals surface area contributed by atoms with Gasteiger partial charge < -0.3 is 14.4 Å². The molecule has 1 aromatic carbocycles. The zero-order valence-electron chi connectivity index (χ0n) is 11.8. The minimum absolute atomic E-state index is 0.0211. The van der Waals surface area contributed by atoms with Crippen molar-refractivity contribution in [1.82, 2.24) is 10.1 Å². The van der Waals surface area contributed by atoms with Gasteiger partial charge in [0.1, 0.15) is 11.4 Å². The Morgan fingerprint density at radius 1 is 1.29 bits per heavy atom. The first kappa shape index (κ1) is 14.4. The molecule has 1 aliphatic rings. The number of aromatic hydroxyl groups is 1. The molecule has 0 radical (unpaired) electrons. The van der Waals surface area contributed by atoms with Crippen LogP contribution in [-0.2, 0) is 10.3 Å². The third kappa shape index (κ3) is 2.63. The van der Waals surface area contributed by atoms with E-state index in [9.17, 15) is 5.11 Å². The summed E-state index contributed by atoms with van der Waals surface area (Å²) < 4.78 is 11.0. The lowest BCUT2D eigenvalue weighted by molar-refractivity contribution is -0.0527. The Hall–Kier alpha value is -1.59. The van der Waals surface area contributed by atoms with Crippen LogP contribution in [0.15, 0.2) is 22.7 Å². The van der Waals surface area contributed by atoms with Gasteiger partial charge in [-0.05, 0) is 31.0 Å². The molecular weight excluding hydrogens is 292 g/mol. The predicted octanol–water partition coefficient (Wildman–Crippen LogP) is 3.90. The van der Waals surface area contributed by atoms with Gasteiger partial charge in [-0.25, -0.2) is 0 Å². The summed E-state index contributed by atoms with van der Waals surface area (Å²) in [5, 5.41) is 14.5. The van der Waals surface area contributed by atoms with Crippen LogP contribution in [0.4, 0.5) is 0 Å². The van der Waals surface area contributed by atoms with Crippen LogP contribution >= 0.6 is 11.6 Å². The largest absolute Gasteiger partial charge is 0.507 e. The highest BCUT2D eigenvalue weighted by molar-refractivity contribution is 6.30. The van der Waals surface area contributed by atoms with Gasteiger partial charge in [-0.1, -0.05) is 36.0 Å². The fraction of sp³-hybridized carbons (Fsp3) is 0.467. The quantitative estimate of drug-likeness (QED) is 0.931. The number of nitrogens with zero attached hydrogens (tertiary/aromatic N) is 2. The molecule has 21 heavy (non-hydrogen) atoms. The first-order valence-corrected chi connectivity index (χ1v) is 7.41. The smallest absolute Gasteiger partial charge is 0.261 e. The molecule has 1 heterocycles. The van der Waals surface area contributed by atoms with Crippen LogP contribution in [0.3, 0.4) is 0 Å². The zero-order chi connectivity index (χ0) is 14.9. The van der Waals surface area contributed by atoms with Crippen LogP contribution in [0.5, 0.6) is 5.75 Å². The Labute approximate surface area is 127 Å². The second-order valence-electron chi connectivity index (χ2n) is 5.34. The number of methoxy groups -OCH3 is 1. The molecule has 0 unspecified atom stereocenters. The van der Waals surface area contributed by atoms with Crippen molar-refractivity contribution in [3.05, 3.63) is 29.0 Å².